The number of H-pyrrole nitrogens is 1. The van der Waals surface area contributed by atoms with Gasteiger partial charge in [-0.05, 0) is 18.1 Å². The van der Waals surface area contributed by atoms with Crippen LogP contribution in [-0.4, -0.2) is 68.2 Å². The van der Waals surface area contributed by atoms with Crippen LogP contribution in [0.25, 0.3) is 10.9 Å². The highest BCUT2D eigenvalue weighted by atomic mass is 16.4. The molecule has 2 amide bonds. The Balaban J connectivity index is 2.08. The molecule has 0 unspecified atom stereocenters. The van der Waals surface area contributed by atoms with Crippen molar-refractivity contribution in [2.24, 2.45) is 5.73 Å². The van der Waals surface area contributed by atoms with E-state index in [0.29, 0.717) is 0 Å². The Morgan fingerprint density at radius 3 is 2.10 bits per heavy atom. The minimum Gasteiger partial charge on any atom is -0.481 e. The normalized spacial score (nSPS) is 13.7. The van der Waals surface area contributed by atoms with E-state index in [4.69, 9.17) is 21.1 Å². The van der Waals surface area contributed by atoms with E-state index in [1.807, 2.05) is 29.6 Å². The SMILES string of the molecule is N[C@@H](Cc1c[nH]c2ccccc12)C(=O)N[C@@H](CC(=O)O)C(=O)N[C@@H](CC(=O)O)C(=O)O. The van der Waals surface area contributed by atoms with E-state index in [0.717, 1.165) is 16.5 Å². The van der Waals surface area contributed by atoms with Gasteiger partial charge in [0, 0.05) is 17.1 Å². The first-order valence-corrected chi connectivity index (χ1v) is 9.16. The zero-order valence-electron chi connectivity index (χ0n) is 16.2. The second kappa shape index (κ2) is 10.2. The van der Waals surface area contributed by atoms with Gasteiger partial charge in [0.25, 0.3) is 0 Å². The number of carbonyl (C=O) groups excluding carboxylic acids is 2. The van der Waals surface area contributed by atoms with Crippen LogP contribution >= 0.6 is 0 Å². The quantitative estimate of drug-likeness (QED) is 0.232. The Morgan fingerprint density at radius 1 is 0.903 bits per heavy atom. The highest BCUT2D eigenvalue weighted by Gasteiger charge is 2.30. The highest BCUT2D eigenvalue weighted by Crippen LogP contribution is 2.18. The molecule has 3 atom stereocenters. The predicted octanol–water partition coefficient (Wildman–Crippen LogP) is -0.959. The van der Waals surface area contributed by atoms with Crippen LogP contribution in [0.5, 0.6) is 0 Å². The molecule has 0 bridgehead atoms. The largest absolute Gasteiger partial charge is 0.481 e. The molecule has 0 aliphatic heterocycles. The summed E-state index contributed by atoms with van der Waals surface area (Å²) in [6, 6.07) is 2.76. The third-order valence-electron chi connectivity index (χ3n) is 4.46. The van der Waals surface area contributed by atoms with Gasteiger partial charge in [0.05, 0.1) is 18.9 Å². The van der Waals surface area contributed by atoms with E-state index in [9.17, 15) is 24.0 Å². The van der Waals surface area contributed by atoms with Gasteiger partial charge in [0.1, 0.15) is 12.1 Å². The van der Waals surface area contributed by atoms with E-state index in [2.05, 4.69) is 10.3 Å². The summed E-state index contributed by atoms with van der Waals surface area (Å²) < 4.78 is 0. The number of para-hydroxylation sites is 1. The molecule has 1 aromatic heterocycles. The van der Waals surface area contributed by atoms with Gasteiger partial charge >= 0.3 is 17.9 Å². The number of carboxylic acid groups (broad SMARTS) is 3. The molecule has 1 aromatic carbocycles. The number of carbonyl (C=O) groups is 5. The fourth-order valence-electron chi connectivity index (χ4n) is 2.94. The molecule has 0 saturated carbocycles. The average molecular weight is 434 g/mol. The Bertz CT molecular complexity index is 1000. The number of rotatable bonds is 11. The van der Waals surface area contributed by atoms with Crippen LogP contribution in [0.3, 0.4) is 0 Å². The van der Waals surface area contributed by atoms with Crippen molar-refractivity contribution in [1.82, 2.24) is 15.6 Å². The number of hydrogen-bond acceptors (Lipinski definition) is 6. The lowest BCUT2D eigenvalue weighted by Gasteiger charge is -2.21. The summed E-state index contributed by atoms with van der Waals surface area (Å²) in [5.41, 5.74) is 7.50. The fraction of sp³-hybridized carbons (Fsp3) is 0.316. The number of benzene rings is 1. The van der Waals surface area contributed by atoms with Gasteiger partial charge in [-0.25, -0.2) is 4.79 Å². The van der Waals surface area contributed by atoms with Crippen LogP contribution < -0.4 is 16.4 Å². The molecule has 2 aromatic rings. The number of nitrogens with two attached hydrogens (primary N) is 1. The molecule has 0 aliphatic rings. The van der Waals surface area contributed by atoms with Crippen molar-refractivity contribution in [1.29, 1.82) is 0 Å². The second-order valence-corrected chi connectivity index (χ2v) is 6.83. The zero-order valence-corrected chi connectivity index (χ0v) is 16.2. The van der Waals surface area contributed by atoms with Crippen LogP contribution in [-0.2, 0) is 30.4 Å². The van der Waals surface area contributed by atoms with Crippen LogP contribution in [0.2, 0.25) is 0 Å². The lowest BCUT2D eigenvalue weighted by Crippen LogP contribution is -2.55. The van der Waals surface area contributed by atoms with Gasteiger partial charge in [0.2, 0.25) is 11.8 Å². The number of aliphatic carboxylic acids is 3. The van der Waals surface area contributed by atoms with Gasteiger partial charge in [-0.15, -0.1) is 0 Å². The highest BCUT2D eigenvalue weighted by molar-refractivity contribution is 5.95. The van der Waals surface area contributed by atoms with E-state index in [1.54, 1.807) is 6.20 Å². The van der Waals surface area contributed by atoms with Crippen molar-refractivity contribution in [3.05, 3.63) is 36.0 Å². The van der Waals surface area contributed by atoms with E-state index >= 15 is 0 Å². The average Bonchev–Trinajstić information content (AvgIpc) is 3.09. The first kappa shape index (κ1) is 23.3. The van der Waals surface area contributed by atoms with E-state index in [-0.39, 0.29) is 6.42 Å². The Morgan fingerprint density at radius 2 is 1.48 bits per heavy atom. The van der Waals surface area contributed by atoms with E-state index < -0.39 is 60.7 Å². The maximum atomic E-state index is 12.5. The van der Waals surface area contributed by atoms with Crippen molar-refractivity contribution in [3.8, 4) is 0 Å². The Labute approximate surface area is 175 Å². The topological polar surface area (TPSA) is 212 Å². The Hall–Kier alpha value is -3.93. The molecule has 0 aliphatic carbocycles. The first-order valence-electron chi connectivity index (χ1n) is 9.16. The van der Waals surface area contributed by atoms with E-state index in [1.165, 1.54) is 0 Å². The molecule has 2 rings (SSSR count). The lowest BCUT2D eigenvalue weighted by molar-refractivity contribution is -0.148. The van der Waals surface area contributed by atoms with Gasteiger partial charge in [-0.1, -0.05) is 18.2 Å². The number of fused-ring (bicyclic) bond motifs is 1. The Kier molecular flexibility index (Phi) is 7.69. The minimum atomic E-state index is -1.79. The minimum absolute atomic E-state index is 0.0913. The van der Waals surface area contributed by atoms with Crippen molar-refractivity contribution in [3.63, 3.8) is 0 Å². The van der Waals surface area contributed by atoms with Crippen LogP contribution in [0.15, 0.2) is 30.5 Å². The maximum Gasteiger partial charge on any atom is 0.326 e. The van der Waals surface area contributed by atoms with Gasteiger partial charge in [0.15, 0.2) is 0 Å². The summed E-state index contributed by atoms with van der Waals surface area (Å²) in [5.74, 6) is -6.50. The van der Waals surface area contributed by atoms with Gasteiger partial charge in [-0.2, -0.15) is 0 Å². The second-order valence-electron chi connectivity index (χ2n) is 6.83. The first-order chi connectivity index (χ1) is 14.6. The van der Waals surface area contributed by atoms with Crippen molar-refractivity contribution in [2.75, 3.05) is 0 Å². The molecule has 12 nitrogen and oxygen atoms in total. The smallest absolute Gasteiger partial charge is 0.326 e. The number of hydrogen-bond donors (Lipinski definition) is 7. The molecule has 166 valence electrons. The van der Waals surface area contributed by atoms with Crippen LogP contribution in [0, 0.1) is 0 Å². The summed E-state index contributed by atoms with van der Waals surface area (Å²) in [5, 5.41) is 31.8. The summed E-state index contributed by atoms with van der Waals surface area (Å²) in [6.45, 7) is 0. The molecule has 1 heterocycles. The third-order valence-corrected chi connectivity index (χ3v) is 4.46. The number of aromatic amines is 1. The van der Waals surface area contributed by atoms with Crippen molar-refractivity contribution >= 4 is 40.6 Å². The molecule has 0 spiro atoms. The number of nitrogens with one attached hydrogen (secondary N) is 3. The molecule has 8 N–H and O–H groups in total. The molecular weight excluding hydrogens is 412 g/mol. The molecule has 0 radical (unpaired) electrons. The fourth-order valence-corrected chi connectivity index (χ4v) is 2.94. The molecule has 12 heteroatoms. The number of carboxylic acids is 3. The molecule has 0 fully saturated rings. The lowest BCUT2D eigenvalue weighted by atomic mass is 10.0. The zero-order chi connectivity index (χ0) is 23.1. The maximum absolute atomic E-state index is 12.5. The summed E-state index contributed by atoms with van der Waals surface area (Å²) in [4.78, 5) is 60.8. The number of amides is 2. The van der Waals surface area contributed by atoms with Crippen molar-refractivity contribution < 1.29 is 39.3 Å². The standard InChI is InChI=1S/C19H22N4O8/c20-11(5-9-8-21-12-4-2-1-3-10(9)12)17(28)22-13(6-15(24)25)18(29)23-14(19(30)31)7-16(26)27/h1-4,8,11,13-14,21H,5-7,20H2,(H,22,28)(H,23,29)(H,24,25)(H,26,27)(H,30,31)/t11-,13-,14-/m0/s1. The molecule has 31 heavy (non-hydrogen) atoms. The third kappa shape index (κ3) is 6.54. The van der Waals surface area contributed by atoms with Crippen LogP contribution in [0.4, 0.5) is 0 Å². The van der Waals surface area contributed by atoms with Crippen LogP contribution in [0.1, 0.15) is 18.4 Å². The predicted molar refractivity (Wildman–Crippen MR) is 106 cm³/mol. The molecule has 0 saturated heterocycles. The summed E-state index contributed by atoms with van der Waals surface area (Å²) in [6.07, 6.45) is 0.00229. The number of aromatic nitrogens is 1. The summed E-state index contributed by atoms with van der Waals surface area (Å²) >= 11 is 0. The van der Waals surface area contributed by atoms with Gasteiger partial charge in [-0.3, -0.25) is 19.2 Å². The van der Waals surface area contributed by atoms with Gasteiger partial charge < -0.3 is 36.7 Å². The summed E-state index contributed by atoms with van der Waals surface area (Å²) in [7, 11) is 0. The van der Waals surface area contributed by atoms with Crippen molar-refractivity contribution in [2.45, 2.75) is 37.4 Å². The monoisotopic (exact) mass is 434 g/mol. The molecular formula is C19H22N4O8.